The van der Waals surface area contributed by atoms with Gasteiger partial charge in [0.1, 0.15) is 11.3 Å². The van der Waals surface area contributed by atoms with Crippen LogP contribution in [0.4, 0.5) is 15.8 Å². The molecule has 0 amide bonds. The van der Waals surface area contributed by atoms with Gasteiger partial charge in [-0.1, -0.05) is 6.07 Å². The summed E-state index contributed by atoms with van der Waals surface area (Å²) >= 11 is 0. The van der Waals surface area contributed by atoms with Crippen molar-refractivity contribution in [1.29, 1.82) is 0 Å². The molecule has 0 saturated heterocycles. The zero-order valence-corrected chi connectivity index (χ0v) is 8.63. The van der Waals surface area contributed by atoms with Crippen LogP contribution in [0.25, 0.3) is 10.9 Å². The lowest BCUT2D eigenvalue weighted by Gasteiger charge is -2.11. The fourth-order valence-electron chi connectivity index (χ4n) is 1.72. The Bertz CT molecular complexity index is 523. The second-order valence-electron chi connectivity index (χ2n) is 3.43. The number of hydrogen-bond acceptors (Lipinski definition) is 3. The van der Waals surface area contributed by atoms with Gasteiger partial charge in [0, 0.05) is 12.4 Å². The van der Waals surface area contributed by atoms with Crippen molar-refractivity contribution in [2.45, 2.75) is 6.92 Å². The Hall–Kier alpha value is -1.84. The lowest BCUT2D eigenvalue weighted by molar-refractivity contribution is 0.636. The molecule has 3 N–H and O–H groups in total. The molecule has 0 radical (unpaired) electrons. The fourth-order valence-corrected chi connectivity index (χ4v) is 1.72. The largest absolute Gasteiger partial charge is 0.396 e. The van der Waals surface area contributed by atoms with E-state index in [2.05, 4.69) is 10.3 Å². The third kappa shape index (κ3) is 1.38. The van der Waals surface area contributed by atoms with Crippen LogP contribution in [-0.4, -0.2) is 12.0 Å². The van der Waals surface area contributed by atoms with Gasteiger partial charge in [0.15, 0.2) is 0 Å². The molecule has 1 aromatic heterocycles. The highest BCUT2D eigenvalue weighted by Gasteiger charge is 2.10. The second-order valence-corrected chi connectivity index (χ2v) is 3.43. The molecule has 1 heterocycles. The normalized spacial score (nSPS) is 10.6. The van der Waals surface area contributed by atoms with E-state index in [1.807, 2.05) is 6.92 Å². The molecule has 0 aliphatic heterocycles. The molecule has 0 aliphatic rings. The molecular formula is C11H12FN3. The number of halogens is 1. The molecule has 0 aliphatic carbocycles. The fraction of sp³-hybridized carbons (Fsp3) is 0.182. The zero-order valence-electron chi connectivity index (χ0n) is 8.63. The van der Waals surface area contributed by atoms with E-state index in [4.69, 9.17) is 5.73 Å². The third-order valence-electron chi connectivity index (χ3n) is 2.46. The molecular weight excluding hydrogens is 193 g/mol. The van der Waals surface area contributed by atoms with E-state index in [9.17, 15) is 4.39 Å². The summed E-state index contributed by atoms with van der Waals surface area (Å²) < 4.78 is 13.5. The maximum atomic E-state index is 13.5. The molecule has 15 heavy (non-hydrogen) atoms. The van der Waals surface area contributed by atoms with Gasteiger partial charge in [0.05, 0.1) is 17.6 Å². The van der Waals surface area contributed by atoms with Crippen molar-refractivity contribution >= 4 is 22.3 Å². The molecule has 1 aromatic carbocycles. The number of nitrogen functional groups attached to an aromatic ring is 1. The van der Waals surface area contributed by atoms with Crippen LogP contribution in [0, 0.1) is 12.7 Å². The number of nitrogens with two attached hydrogens (primary N) is 1. The maximum absolute atomic E-state index is 13.5. The molecule has 0 unspecified atom stereocenters. The maximum Gasteiger partial charge on any atom is 0.149 e. The Kier molecular flexibility index (Phi) is 2.19. The molecule has 0 saturated carbocycles. The Morgan fingerprint density at radius 1 is 1.40 bits per heavy atom. The number of fused-ring (bicyclic) bond motifs is 1. The molecule has 2 rings (SSSR count). The number of pyridine rings is 1. The number of nitrogens with zero attached hydrogens (tertiary/aromatic N) is 1. The van der Waals surface area contributed by atoms with Gasteiger partial charge in [-0.3, -0.25) is 4.98 Å². The van der Waals surface area contributed by atoms with E-state index < -0.39 is 0 Å². The van der Waals surface area contributed by atoms with Crippen molar-refractivity contribution in [2.24, 2.45) is 0 Å². The van der Waals surface area contributed by atoms with Gasteiger partial charge in [0.25, 0.3) is 0 Å². The van der Waals surface area contributed by atoms with E-state index in [1.54, 1.807) is 13.1 Å². The summed E-state index contributed by atoms with van der Waals surface area (Å²) in [4.78, 5) is 4.01. The molecule has 0 fully saturated rings. The summed E-state index contributed by atoms with van der Waals surface area (Å²) in [5.41, 5.74) is 8.34. The molecule has 78 valence electrons. The van der Waals surface area contributed by atoms with Gasteiger partial charge in [-0.15, -0.1) is 0 Å². The summed E-state index contributed by atoms with van der Waals surface area (Å²) in [6.07, 6.45) is 1.47. The zero-order chi connectivity index (χ0) is 11.0. The highest BCUT2D eigenvalue weighted by atomic mass is 19.1. The number of anilines is 2. The van der Waals surface area contributed by atoms with Gasteiger partial charge < -0.3 is 11.1 Å². The highest BCUT2D eigenvalue weighted by molar-refractivity contribution is 5.99. The average Bonchev–Trinajstić information content (AvgIpc) is 2.23. The van der Waals surface area contributed by atoms with Gasteiger partial charge >= 0.3 is 0 Å². The lowest BCUT2D eigenvalue weighted by Crippen LogP contribution is -2.00. The topological polar surface area (TPSA) is 50.9 Å². The Labute approximate surface area is 87.1 Å². The van der Waals surface area contributed by atoms with Crippen molar-refractivity contribution < 1.29 is 4.39 Å². The summed E-state index contributed by atoms with van der Waals surface area (Å²) in [6, 6.07) is 3.14. The van der Waals surface area contributed by atoms with Gasteiger partial charge in [-0.2, -0.15) is 0 Å². The van der Waals surface area contributed by atoms with Crippen LogP contribution >= 0.6 is 0 Å². The predicted molar refractivity (Wildman–Crippen MR) is 60.4 cm³/mol. The molecule has 0 bridgehead atoms. The predicted octanol–water partition coefficient (Wildman–Crippen LogP) is 2.31. The van der Waals surface area contributed by atoms with E-state index in [0.717, 1.165) is 16.6 Å². The van der Waals surface area contributed by atoms with Crippen LogP contribution in [0.5, 0.6) is 0 Å². The van der Waals surface area contributed by atoms with Gasteiger partial charge in [0.2, 0.25) is 0 Å². The van der Waals surface area contributed by atoms with E-state index in [0.29, 0.717) is 11.2 Å². The number of aryl methyl sites for hydroxylation is 1. The lowest BCUT2D eigenvalue weighted by atomic mass is 10.1. The average molecular weight is 205 g/mol. The van der Waals surface area contributed by atoms with E-state index in [-0.39, 0.29) is 5.82 Å². The van der Waals surface area contributed by atoms with Crippen LogP contribution < -0.4 is 11.1 Å². The second kappa shape index (κ2) is 3.38. The van der Waals surface area contributed by atoms with Crippen molar-refractivity contribution in [3.8, 4) is 0 Å². The van der Waals surface area contributed by atoms with Crippen LogP contribution in [-0.2, 0) is 0 Å². The third-order valence-corrected chi connectivity index (χ3v) is 2.46. The first-order chi connectivity index (χ1) is 7.15. The minimum Gasteiger partial charge on any atom is -0.396 e. The quantitative estimate of drug-likeness (QED) is 0.751. The van der Waals surface area contributed by atoms with Gasteiger partial charge in [-0.05, 0) is 18.6 Å². The number of aromatic nitrogens is 1. The summed E-state index contributed by atoms with van der Waals surface area (Å²) in [5.74, 6) is -0.327. The Morgan fingerprint density at radius 2 is 2.13 bits per heavy atom. The van der Waals surface area contributed by atoms with E-state index >= 15 is 0 Å². The van der Waals surface area contributed by atoms with Crippen LogP contribution in [0.1, 0.15) is 5.56 Å². The number of benzene rings is 1. The summed E-state index contributed by atoms with van der Waals surface area (Å²) in [6.45, 7) is 1.91. The van der Waals surface area contributed by atoms with Crippen molar-refractivity contribution in [2.75, 3.05) is 18.1 Å². The Morgan fingerprint density at radius 3 is 2.80 bits per heavy atom. The van der Waals surface area contributed by atoms with E-state index in [1.165, 1.54) is 12.3 Å². The molecule has 4 heteroatoms. The van der Waals surface area contributed by atoms with Crippen LogP contribution in [0.2, 0.25) is 0 Å². The van der Waals surface area contributed by atoms with Crippen molar-refractivity contribution in [3.63, 3.8) is 0 Å². The van der Waals surface area contributed by atoms with Gasteiger partial charge in [-0.25, -0.2) is 4.39 Å². The minimum absolute atomic E-state index is 0.327. The molecule has 0 atom stereocenters. The minimum atomic E-state index is -0.327. The van der Waals surface area contributed by atoms with Crippen LogP contribution in [0.15, 0.2) is 18.3 Å². The van der Waals surface area contributed by atoms with Crippen LogP contribution in [0.3, 0.4) is 0 Å². The molecule has 2 aromatic rings. The highest BCUT2D eigenvalue weighted by Crippen LogP contribution is 2.31. The monoisotopic (exact) mass is 205 g/mol. The standard InChI is InChI=1S/C11H12FN3/c1-6-3-4-7(12)10-9(6)11(14-2)8(13)5-15-10/h3-5H,13H2,1-2H3,(H,14,15). The smallest absolute Gasteiger partial charge is 0.149 e. The number of nitrogens with one attached hydrogen (secondary N) is 1. The first kappa shape index (κ1) is 9.71. The Balaban J connectivity index is 2.96. The number of hydrogen-bond donors (Lipinski definition) is 2. The van der Waals surface area contributed by atoms with Crippen molar-refractivity contribution in [1.82, 2.24) is 4.98 Å². The number of rotatable bonds is 1. The summed E-state index contributed by atoms with van der Waals surface area (Å²) in [5, 5.41) is 3.72. The SMILES string of the molecule is CNc1c(N)cnc2c(F)ccc(C)c12. The molecule has 0 spiro atoms. The first-order valence-electron chi connectivity index (χ1n) is 4.66. The first-order valence-corrected chi connectivity index (χ1v) is 4.66. The molecule has 3 nitrogen and oxygen atoms in total. The van der Waals surface area contributed by atoms with Crippen molar-refractivity contribution in [3.05, 3.63) is 29.7 Å². The summed E-state index contributed by atoms with van der Waals surface area (Å²) in [7, 11) is 1.76.